The maximum Gasteiger partial charge on any atom is 0.255 e. The Kier molecular flexibility index (Phi) is 3.39. The monoisotopic (exact) mass is 262 g/mol. The van der Waals surface area contributed by atoms with Gasteiger partial charge in [0, 0.05) is 16.7 Å². The molecule has 0 radical (unpaired) electrons. The number of benzene rings is 2. The fourth-order valence-corrected chi connectivity index (χ4v) is 1.59. The number of carbonyl (C=O) groups is 1. The minimum Gasteiger partial charge on any atom is -0.508 e. The first kappa shape index (κ1) is 12.3. The van der Waals surface area contributed by atoms with Gasteiger partial charge < -0.3 is 16.2 Å². The van der Waals surface area contributed by atoms with Crippen molar-refractivity contribution in [1.29, 1.82) is 0 Å². The van der Waals surface area contributed by atoms with Crippen molar-refractivity contribution in [1.82, 2.24) is 0 Å². The number of halogens is 1. The van der Waals surface area contributed by atoms with E-state index in [-0.39, 0.29) is 11.7 Å². The van der Waals surface area contributed by atoms with Crippen molar-refractivity contribution in [3.8, 4) is 5.75 Å². The summed E-state index contributed by atoms with van der Waals surface area (Å²) in [4.78, 5) is 11.9. The first-order valence-electron chi connectivity index (χ1n) is 5.21. The van der Waals surface area contributed by atoms with Crippen molar-refractivity contribution in [2.45, 2.75) is 0 Å². The zero-order valence-corrected chi connectivity index (χ0v) is 10.1. The van der Waals surface area contributed by atoms with Gasteiger partial charge in [-0.2, -0.15) is 0 Å². The number of rotatable bonds is 2. The first-order valence-corrected chi connectivity index (χ1v) is 5.59. The van der Waals surface area contributed by atoms with Crippen LogP contribution >= 0.6 is 11.6 Å². The summed E-state index contributed by atoms with van der Waals surface area (Å²) in [6, 6.07) is 10.9. The molecule has 0 fully saturated rings. The average molecular weight is 263 g/mol. The van der Waals surface area contributed by atoms with Crippen LogP contribution in [0.1, 0.15) is 10.4 Å². The van der Waals surface area contributed by atoms with Gasteiger partial charge in [-0.1, -0.05) is 11.6 Å². The second-order valence-corrected chi connectivity index (χ2v) is 4.17. The van der Waals surface area contributed by atoms with Gasteiger partial charge in [-0.15, -0.1) is 0 Å². The number of hydrogen-bond donors (Lipinski definition) is 3. The summed E-state index contributed by atoms with van der Waals surface area (Å²) in [5, 5.41) is 12.4. The lowest BCUT2D eigenvalue weighted by molar-refractivity contribution is 0.102. The molecule has 0 aliphatic carbocycles. The largest absolute Gasteiger partial charge is 0.508 e. The number of nitrogen functional groups attached to an aromatic ring is 1. The van der Waals surface area contributed by atoms with Crippen molar-refractivity contribution in [3.63, 3.8) is 0 Å². The van der Waals surface area contributed by atoms with E-state index in [0.717, 1.165) is 0 Å². The van der Waals surface area contributed by atoms with Crippen LogP contribution in [0.15, 0.2) is 42.5 Å². The quantitative estimate of drug-likeness (QED) is 0.575. The Balaban J connectivity index is 2.18. The molecule has 4 nitrogen and oxygen atoms in total. The number of phenols is 1. The molecule has 0 heterocycles. The molecular formula is C13H11ClN2O2. The zero-order valence-electron chi connectivity index (χ0n) is 9.35. The van der Waals surface area contributed by atoms with E-state index in [4.69, 9.17) is 17.3 Å². The van der Waals surface area contributed by atoms with Crippen LogP contribution < -0.4 is 11.1 Å². The Hall–Kier alpha value is -2.20. The lowest BCUT2D eigenvalue weighted by Gasteiger charge is -2.08. The molecule has 0 spiro atoms. The molecule has 2 rings (SSSR count). The highest BCUT2D eigenvalue weighted by Crippen LogP contribution is 2.23. The summed E-state index contributed by atoms with van der Waals surface area (Å²) in [5.41, 5.74) is 6.91. The molecule has 92 valence electrons. The third kappa shape index (κ3) is 2.73. The normalized spacial score (nSPS) is 10.1. The summed E-state index contributed by atoms with van der Waals surface area (Å²) in [7, 11) is 0. The molecular weight excluding hydrogens is 252 g/mol. The molecule has 0 aliphatic heterocycles. The number of nitrogens with one attached hydrogen (secondary N) is 1. The van der Waals surface area contributed by atoms with E-state index in [1.165, 1.54) is 12.1 Å². The van der Waals surface area contributed by atoms with Crippen LogP contribution in [0.25, 0.3) is 0 Å². The average Bonchev–Trinajstić information content (AvgIpc) is 2.33. The van der Waals surface area contributed by atoms with Gasteiger partial charge in [-0.25, -0.2) is 0 Å². The topological polar surface area (TPSA) is 75.3 Å². The molecule has 5 heteroatoms. The molecule has 0 unspecified atom stereocenters. The van der Waals surface area contributed by atoms with Crippen molar-refractivity contribution in [2.24, 2.45) is 0 Å². The predicted octanol–water partition coefficient (Wildman–Crippen LogP) is 2.88. The van der Waals surface area contributed by atoms with E-state index >= 15 is 0 Å². The minimum atomic E-state index is -0.288. The Morgan fingerprint density at radius 3 is 2.44 bits per heavy atom. The molecule has 4 N–H and O–H groups in total. The number of amides is 1. The Morgan fingerprint density at radius 1 is 1.17 bits per heavy atom. The van der Waals surface area contributed by atoms with Crippen LogP contribution in [0.2, 0.25) is 5.02 Å². The van der Waals surface area contributed by atoms with Crippen molar-refractivity contribution < 1.29 is 9.90 Å². The van der Waals surface area contributed by atoms with E-state index in [1.807, 2.05) is 0 Å². The van der Waals surface area contributed by atoms with Gasteiger partial charge in [0.1, 0.15) is 5.75 Å². The maximum absolute atomic E-state index is 11.9. The van der Waals surface area contributed by atoms with Gasteiger partial charge in [0.2, 0.25) is 0 Å². The molecule has 0 atom stereocenters. The number of hydrogen-bond acceptors (Lipinski definition) is 3. The van der Waals surface area contributed by atoms with Gasteiger partial charge in [-0.05, 0) is 36.4 Å². The highest BCUT2D eigenvalue weighted by atomic mass is 35.5. The van der Waals surface area contributed by atoms with Gasteiger partial charge in [0.15, 0.2) is 0 Å². The maximum atomic E-state index is 11.9. The van der Waals surface area contributed by atoms with Gasteiger partial charge in [0.05, 0.1) is 11.4 Å². The highest BCUT2D eigenvalue weighted by Gasteiger charge is 2.08. The molecule has 0 bridgehead atoms. The summed E-state index contributed by atoms with van der Waals surface area (Å²) >= 11 is 5.74. The summed E-state index contributed by atoms with van der Waals surface area (Å²) < 4.78 is 0. The van der Waals surface area contributed by atoms with Crippen molar-refractivity contribution >= 4 is 28.9 Å². The van der Waals surface area contributed by atoms with Crippen LogP contribution in [0, 0.1) is 0 Å². The lowest BCUT2D eigenvalue weighted by Crippen LogP contribution is -2.12. The van der Waals surface area contributed by atoms with Gasteiger partial charge >= 0.3 is 0 Å². The molecule has 2 aromatic carbocycles. The molecule has 18 heavy (non-hydrogen) atoms. The van der Waals surface area contributed by atoms with Crippen molar-refractivity contribution in [2.75, 3.05) is 11.1 Å². The SMILES string of the molecule is Nc1cc(O)ccc1NC(=O)c1ccc(Cl)cc1. The molecule has 0 aromatic heterocycles. The van der Waals surface area contributed by atoms with E-state index in [9.17, 15) is 9.90 Å². The van der Waals surface area contributed by atoms with E-state index in [1.54, 1.807) is 30.3 Å². The summed E-state index contributed by atoms with van der Waals surface area (Å²) in [6.45, 7) is 0. The Morgan fingerprint density at radius 2 is 1.83 bits per heavy atom. The number of aromatic hydroxyl groups is 1. The third-order valence-electron chi connectivity index (χ3n) is 2.39. The number of nitrogens with two attached hydrogens (primary N) is 1. The van der Waals surface area contributed by atoms with Crippen LogP contribution in [0.5, 0.6) is 5.75 Å². The second kappa shape index (κ2) is 4.98. The second-order valence-electron chi connectivity index (χ2n) is 3.73. The first-order chi connectivity index (χ1) is 8.56. The van der Waals surface area contributed by atoms with Crippen LogP contribution in [0.3, 0.4) is 0 Å². The molecule has 0 saturated carbocycles. The van der Waals surface area contributed by atoms with Crippen LogP contribution in [-0.2, 0) is 0 Å². The van der Waals surface area contributed by atoms with E-state index in [0.29, 0.717) is 22.0 Å². The fraction of sp³-hybridized carbons (Fsp3) is 0. The molecule has 1 amide bonds. The molecule has 0 aliphatic rings. The summed E-state index contributed by atoms with van der Waals surface area (Å²) in [5.74, 6) is -0.235. The van der Waals surface area contributed by atoms with Crippen LogP contribution in [0.4, 0.5) is 11.4 Å². The third-order valence-corrected chi connectivity index (χ3v) is 2.64. The highest BCUT2D eigenvalue weighted by molar-refractivity contribution is 6.30. The van der Waals surface area contributed by atoms with E-state index in [2.05, 4.69) is 5.32 Å². The Bertz CT molecular complexity index is 582. The van der Waals surface area contributed by atoms with E-state index < -0.39 is 0 Å². The number of anilines is 2. The van der Waals surface area contributed by atoms with Crippen molar-refractivity contribution in [3.05, 3.63) is 53.1 Å². The lowest BCUT2D eigenvalue weighted by atomic mass is 10.2. The minimum absolute atomic E-state index is 0.0528. The zero-order chi connectivity index (χ0) is 13.1. The summed E-state index contributed by atoms with van der Waals surface area (Å²) in [6.07, 6.45) is 0. The van der Waals surface area contributed by atoms with Gasteiger partial charge in [0.25, 0.3) is 5.91 Å². The van der Waals surface area contributed by atoms with Gasteiger partial charge in [-0.3, -0.25) is 4.79 Å². The number of phenolic OH excluding ortho intramolecular Hbond substituents is 1. The standard InChI is InChI=1S/C13H11ClN2O2/c14-9-3-1-8(2-4-9)13(18)16-12-6-5-10(17)7-11(12)15/h1-7,17H,15H2,(H,16,18). The van der Waals surface area contributed by atoms with Crippen LogP contribution in [-0.4, -0.2) is 11.0 Å². The predicted molar refractivity (Wildman–Crippen MR) is 71.9 cm³/mol. The molecule has 2 aromatic rings. The Labute approximate surface area is 109 Å². The number of carbonyl (C=O) groups excluding carboxylic acids is 1. The molecule has 0 saturated heterocycles. The smallest absolute Gasteiger partial charge is 0.255 e. The fourth-order valence-electron chi connectivity index (χ4n) is 1.46.